The molecule has 0 unspecified atom stereocenters. The Morgan fingerprint density at radius 1 is 0.737 bits per heavy atom. The van der Waals surface area contributed by atoms with E-state index in [0.29, 0.717) is 23.3 Å². The van der Waals surface area contributed by atoms with E-state index in [-0.39, 0.29) is 17.1 Å². The molecule has 0 atom stereocenters. The van der Waals surface area contributed by atoms with E-state index in [0.717, 1.165) is 31.2 Å². The number of benzene rings is 4. The fourth-order valence-electron chi connectivity index (χ4n) is 4.19. The molecule has 6 heteroatoms. The molecule has 0 aromatic heterocycles. The molecule has 0 aliphatic rings. The molecule has 0 fully saturated rings. The van der Waals surface area contributed by atoms with Gasteiger partial charge in [-0.2, -0.15) is 0 Å². The third-order valence-corrected chi connectivity index (χ3v) is 6.27. The van der Waals surface area contributed by atoms with Crippen molar-refractivity contribution in [2.45, 2.75) is 39.5 Å². The predicted molar refractivity (Wildman–Crippen MR) is 143 cm³/mol. The summed E-state index contributed by atoms with van der Waals surface area (Å²) in [5.41, 5.74) is 2.54. The van der Waals surface area contributed by atoms with Gasteiger partial charge in [0.25, 0.3) is 0 Å². The molecule has 4 aromatic carbocycles. The van der Waals surface area contributed by atoms with Gasteiger partial charge in [-0.3, -0.25) is 0 Å². The third kappa shape index (κ3) is 6.25. The van der Waals surface area contributed by atoms with E-state index in [1.54, 1.807) is 43.3 Å². The number of ether oxygens (including phenoxy) is 2. The monoisotopic (exact) mass is 518 g/mol. The summed E-state index contributed by atoms with van der Waals surface area (Å²) in [4.78, 5) is 12.6. The summed E-state index contributed by atoms with van der Waals surface area (Å²) in [6, 6.07) is 20.9. The van der Waals surface area contributed by atoms with Crippen LogP contribution in [0, 0.1) is 17.5 Å². The Labute approximate surface area is 220 Å². The molecule has 0 saturated carbocycles. The van der Waals surface area contributed by atoms with E-state index in [2.05, 4.69) is 6.92 Å². The number of unbranched alkanes of at least 4 members (excludes halogenated alkanes) is 2. The summed E-state index contributed by atoms with van der Waals surface area (Å²) < 4.78 is 54.5. The second-order valence-electron chi connectivity index (χ2n) is 8.93. The average Bonchev–Trinajstić information content (AvgIpc) is 2.92. The molecular formula is C32H29F3O3. The maximum atomic E-state index is 14.9. The molecule has 0 amide bonds. The number of hydrogen-bond donors (Lipinski definition) is 0. The van der Waals surface area contributed by atoms with Crippen molar-refractivity contribution in [1.82, 2.24) is 0 Å². The minimum Gasteiger partial charge on any atom is -0.491 e. The first-order valence-corrected chi connectivity index (χ1v) is 12.7. The van der Waals surface area contributed by atoms with Crippen molar-refractivity contribution in [3.05, 3.63) is 107 Å². The van der Waals surface area contributed by atoms with Crippen LogP contribution in [0.3, 0.4) is 0 Å². The summed E-state index contributed by atoms with van der Waals surface area (Å²) in [6.07, 6.45) is 4.30. The lowest BCUT2D eigenvalue weighted by Gasteiger charge is -2.10. The Morgan fingerprint density at radius 3 is 2.08 bits per heavy atom. The van der Waals surface area contributed by atoms with Crippen molar-refractivity contribution in [3.63, 3.8) is 0 Å². The van der Waals surface area contributed by atoms with Crippen LogP contribution >= 0.6 is 0 Å². The van der Waals surface area contributed by atoms with E-state index in [9.17, 15) is 18.0 Å². The van der Waals surface area contributed by atoms with Gasteiger partial charge in [0.2, 0.25) is 0 Å². The fraction of sp³-hybridized carbons (Fsp3) is 0.219. The topological polar surface area (TPSA) is 35.5 Å². The zero-order valence-corrected chi connectivity index (χ0v) is 21.4. The fourth-order valence-corrected chi connectivity index (χ4v) is 4.19. The maximum absolute atomic E-state index is 14.9. The Hall–Kier alpha value is -4.06. The molecule has 0 radical (unpaired) electrons. The minimum absolute atomic E-state index is 0.0751. The number of esters is 1. The number of carbonyl (C=O) groups excluding carboxylic acids is 1. The predicted octanol–water partition coefficient (Wildman–Crippen LogP) is 8.79. The van der Waals surface area contributed by atoms with Crippen LogP contribution in [0.1, 0.15) is 49.0 Å². The number of carbonyl (C=O) groups is 1. The van der Waals surface area contributed by atoms with Crippen LogP contribution in [-0.4, -0.2) is 12.6 Å². The van der Waals surface area contributed by atoms with E-state index >= 15 is 0 Å². The summed E-state index contributed by atoms with van der Waals surface area (Å²) in [5, 5.41) is 0. The van der Waals surface area contributed by atoms with Gasteiger partial charge in [0, 0.05) is 5.56 Å². The zero-order chi connectivity index (χ0) is 27.1. The van der Waals surface area contributed by atoms with Crippen molar-refractivity contribution in [2.75, 3.05) is 6.61 Å². The van der Waals surface area contributed by atoms with Gasteiger partial charge in [-0.1, -0.05) is 68.3 Å². The van der Waals surface area contributed by atoms with Crippen molar-refractivity contribution < 1.29 is 27.4 Å². The van der Waals surface area contributed by atoms with Crippen LogP contribution in [0.15, 0.2) is 78.9 Å². The summed E-state index contributed by atoms with van der Waals surface area (Å²) in [7, 11) is 0. The molecular weight excluding hydrogens is 489 g/mol. The molecule has 196 valence electrons. The molecule has 0 aliphatic heterocycles. The van der Waals surface area contributed by atoms with Gasteiger partial charge >= 0.3 is 5.97 Å². The highest BCUT2D eigenvalue weighted by molar-refractivity contribution is 5.92. The van der Waals surface area contributed by atoms with Crippen LogP contribution in [0.5, 0.6) is 11.5 Å². The van der Waals surface area contributed by atoms with Gasteiger partial charge < -0.3 is 9.47 Å². The van der Waals surface area contributed by atoms with E-state index < -0.39 is 29.0 Å². The molecule has 0 N–H and O–H groups in total. The van der Waals surface area contributed by atoms with Crippen molar-refractivity contribution in [1.29, 1.82) is 0 Å². The number of halogens is 3. The van der Waals surface area contributed by atoms with Gasteiger partial charge in [0.05, 0.1) is 12.2 Å². The average molecular weight is 519 g/mol. The number of hydrogen-bond acceptors (Lipinski definition) is 3. The molecule has 0 saturated heterocycles. The minimum atomic E-state index is -1.26. The Bertz CT molecular complexity index is 1400. The standard InChI is InChI=1S/C32H29F3O3/c1-3-5-6-7-21-8-10-23(11-9-21)26-17-18-27(31(35)30(26)34)32(36)38-25-15-12-22(13-16-25)24-14-19-29(37-4-2)28(33)20-24/h8-20H,3-7H2,1-2H3. The SMILES string of the molecule is CCCCCc1ccc(-c2ccc(C(=O)Oc3ccc(-c4ccc(OCC)c(F)c4)cc3)c(F)c2F)cc1. The second kappa shape index (κ2) is 12.5. The number of rotatable bonds is 10. The first kappa shape index (κ1) is 27.0. The maximum Gasteiger partial charge on any atom is 0.346 e. The van der Waals surface area contributed by atoms with Gasteiger partial charge in [-0.25, -0.2) is 18.0 Å². The molecule has 0 heterocycles. The Kier molecular flexibility index (Phi) is 8.85. The van der Waals surface area contributed by atoms with E-state index in [1.807, 2.05) is 12.1 Å². The molecule has 38 heavy (non-hydrogen) atoms. The normalized spacial score (nSPS) is 10.9. The third-order valence-electron chi connectivity index (χ3n) is 6.27. The largest absolute Gasteiger partial charge is 0.491 e. The molecule has 0 aliphatic carbocycles. The van der Waals surface area contributed by atoms with Gasteiger partial charge in [-0.15, -0.1) is 0 Å². The van der Waals surface area contributed by atoms with Crippen molar-refractivity contribution in [3.8, 4) is 33.8 Å². The van der Waals surface area contributed by atoms with Gasteiger partial charge in [0.1, 0.15) is 5.75 Å². The first-order chi connectivity index (χ1) is 18.4. The second-order valence-corrected chi connectivity index (χ2v) is 8.93. The van der Waals surface area contributed by atoms with Gasteiger partial charge in [-0.05, 0) is 72.4 Å². The Balaban J connectivity index is 1.46. The van der Waals surface area contributed by atoms with Crippen LogP contribution in [0.4, 0.5) is 13.2 Å². The van der Waals surface area contributed by atoms with Crippen LogP contribution in [-0.2, 0) is 6.42 Å². The van der Waals surface area contributed by atoms with Crippen LogP contribution < -0.4 is 9.47 Å². The summed E-state index contributed by atoms with van der Waals surface area (Å²) in [5.74, 6) is -3.55. The van der Waals surface area contributed by atoms with Crippen molar-refractivity contribution >= 4 is 5.97 Å². The first-order valence-electron chi connectivity index (χ1n) is 12.7. The van der Waals surface area contributed by atoms with Crippen molar-refractivity contribution in [2.24, 2.45) is 0 Å². The van der Waals surface area contributed by atoms with E-state index in [4.69, 9.17) is 9.47 Å². The van der Waals surface area contributed by atoms with E-state index in [1.165, 1.54) is 30.3 Å². The molecule has 3 nitrogen and oxygen atoms in total. The molecule has 4 aromatic rings. The van der Waals surface area contributed by atoms with Crippen LogP contribution in [0.25, 0.3) is 22.3 Å². The summed E-state index contributed by atoms with van der Waals surface area (Å²) in [6.45, 7) is 4.27. The Morgan fingerprint density at radius 2 is 1.42 bits per heavy atom. The number of aryl methyl sites for hydroxylation is 1. The van der Waals surface area contributed by atoms with Crippen LogP contribution in [0.2, 0.25) is 0 Å². The zero-order valence-electron chi connectivity index (χ0n) is 21.4. The summed E-state index contributed by atoms with van der Waals surface area (Å²) >= 11 is 0. The molecule has 0 spiro atoms. The lowest BCUT2D eigenvalue weighted by molar-refractivity contribution is 0.0728. The molecule has 0 bridgehead atoms. The highest BCUT2D eigenvalue weighted by Gasteiger charge is 2.21. The highest BCUT2D eigenvalue weighted by atomic mass is 19.2. The lowest BCUT2D eigenvalue weighted by atomic mass is 9.99. The highest BCUT2D eigenvalue weighted by Crippen LogP contribution is 2.29. The quantitative estimate of drug-likeness (QED) is 0.120. The smallest absolute Gasteiger partial charge is 0.346 e. The molecule has 4 rings (SSSR count). The van der Waals surface area contributed by atoms with Gasteiger partial charge in [0.15, 0.2) is 23.2 Å². The lowest BCUT2D eigenvalue weighted by Crippen LogP contribution is -2.12.